The van der Waals surface area contributed by atoms with Crippen LogP contribution < -0.4 is 23.7 Å². The largest absolute Gasteiger partial charge is 0.497 e. The van der Waals surface area contributed by atoms with E-state index in [0.717, 1.165) is 38.6 Å². The molecule has 0 aliphatic carbocycles. The SMILES string of the molecule is COc1ccc(Oc2cc(OCCCCCOc3cc4c(cc3OC)C(=O)N3CCC[C@H]3C=N4)ccc2F)cc1. The van der Waals surface area contributed by atoms with Crippen molar-refractivity contribution < 1.29 is 32.9 Å². The number of carbonyl (C=O) groups is 1. The number of hydrogen-bond acceptors (Lipinski definition) is 7. The van der Waals surface area contributed by atoms with E-state index in [1.807, 2.05) is 11.1 Å². The van der Waals surface area contributed by atoms with E-state index in [4.69, 9.17) is 23.7 Å². The number of fused-ring (bicyclic) bond motifs is 2. The Morgan fingerprint density at radius 2 is 1.60 bits per heavy atom. The number of carbonyl (C=O) groups excluding carboxylic acids is 1. The van der Waals surface area contributed by atoms with E-state index >= 15 is 0 Å². The van der Waals surface area contributed by atoms with Crippen molar-refractivity contribution in [1.82, 2.24) is 4.90 Å². The normalized spacial score (nSPS) is 15.7. The zero-order valence-electron chi connectivity index (χ0n) is 22.7. The van der Waals surface area contributed by atoms with Crippen LogP contribution in [0.4, 0.5) is 10.1 Å². The Balaban J connectivity index is 1.08. The Hall–Kier alpha value is -4.27. The zero-order valence-corrected chi connectivity index (χ0v) is 22.7. The molecule has 0 radical (unpaired) electrons. The lowest BCUT2D eigenvalue weighted by Gasteiger charge is -2.20. The van der Waals surface area contributed by atoms with Crippen molar-refractivity contribution in [3.8, 4) is 34.5 Å². The van der Waals surface area contributed by atoms with E-state index in [9.17, 15) is 9.18 Å². The third-order valence-corrected chi connectivity index (χ3v) is 6.96. The maximum Gasteiger partial charge on any atom is 0.256 e. The van der Waals surface area contributed by atoms with Gasteiger partial charge in [-0.05, 0) is 74.6 Å². The van der Waals surface area contributed by atoms with Crippen LogP contribution in [-0.4, -0.2) is 57.0 Å². The fourth-order valence-corrected chi connectivity index (χ4v) is 4.80. The number of rotatable bonds is 12. The molecule has 0 bridgehead atoms. The van der Waals surface area contributed by atoms with Crippen LogP contribution in [0.2, 0.25) is 0 Å². The van der Waals surface area contributed by atoms with Gasteiger partial charge in [0.25, 0.3) is 5.91 Å². The number of hydrogen-bond donors (Lipinski definition) is 0. The summed E-state index contributed by atoms with van der Waals surface area (Å²) in [5.74, 6) is 2.43. The van der Waals surface area contributed by atoms with Crippen LogP contribution in [-0.2, 0) is 0 Å². The smallest absolute Gasteiger partial charge is 0.256 e. The van der Waals surface area contributed by atoms with Crippen molar-refractivity contribution in [2.24, 2.45) is 4.99 Å². The molecule has 8 nitrogen and oxygen atoms in total. The van der Waals surface area contributed by atoms with Crippen molar-refractivity contribution in [1.29, 1.82) is 0 Å². The van der Waals surface area contributed by atoms with Crippen molar-refractivity contribution in [3.05, 3.63) is 66.0 Å². The van der Waals surface area contributed by atoms with Crippen LogP contribution in [0.25, 0.3) is 0 Å². The van der Waals surface area contributed by atoms with E-state index in [1.54, 1.807) is 62.8 Å². The quantitative estimate of drug-likeness (QED) is 0.238. The van der Waals surface area contributed by atoms with Crippen molar-refractivity contribution >= 4 is 17.8 Å². The van der Waals surface area contributed by atoms with Crippen LogP contribution in [0.5, 0.6) is 34.5 Å². The van der Waals surface area contributed by atoms with E-state index in [-0.39, 0.29) is 17.7 Å². The summed E-state index contributed by atoms with van der Waals surface area (Å²) >= 11 is 0. The third-order valence-electron chi connectivity index (χ3n) is 6.96. The summed E-state index contributed by atoms with van der Waals surface area (Å²) in [6.45, 7) is 1.71. The monoisotopic (exact) mass is 548 g/mol. The molecule has 40 heavy (non-hydrogen) atoms. The van der Waals surface area contributed by atoms with Crippen LogP contribution >= 0.6 is 0 Å². The number of halogens is 1. The first-order valence-electron chi connectivity index (χ1n) is 13.5. The molecule has 210 valence electrons. The summed E-state index contributed by atoms with van der Waals surface area (Å²) in [7, 11) is 3.15. The molecular weight excluding hydrogens is 515 g/mol. The Morgan fingerprint density at radius 1 is 0.850 bits per heavy atom. The molecule has 1 saturated heterocycles. The second kappa shape index (κ2) is 12.7. The lowest BCUT2D eigenvalue weighted by molar-refractivity contribution is 0.0774. The minimum Gasteiger partial charge on any atom is -0.497 e. The highest BCUT2D eigenvalue weighted by molar-refractivity contribution is 6.03. The van der Waals surface area contributed by atoms with Gasteiger partial charge in [0.1, 0.15) is 17.2 Å². The fraction of sp³-hybridized carbons (Fsp3) is 0.355. The molecule has 0 unspecified atom stereocenters. The van der Waals surface area contributed by atoms with E-state index in [0.29, 0.717) is 53.2 Å². The molecule has 1 amide bonds. The van der Waals surface area contributed by atoms with Gasteiger partial charge in [0.2, 0.25) is 0 Å². The van der Waals surface area contributed by atoms with Crippen LogP contribution in [0.3, 0.4) is 0 Å². The Morgan fingerprint density at radius 3 is 2.38 bits per heavy atom. The zero-order chi connectivity index (χ0) is 27.9. The van der Waals surface area contributed by atoms with Crippen molar-refractivity contribution in [2.45, 2.75) is 38.1 Å². The Kier molecular flexibility index (Phi) is 8.68. The van der Waals surface area contributed by atoms with Crippen LogP contribution in [0, 0.1) is 5.82 Å². The topological polar surface area (TPSA) is 78.8 Å². The number of ether oxygens (including phenoxy) is 5. The number of methoxy groups -OCH3 is 2. The molecule has 5 rings (SSSR count). The minimum absolute atomic E-state index is 0.0135. The summed E-state index contributed by atoms with van der Waals surface area (Å²) in [5.41, 5.74) is 1.15. The Labute approximate surface area is 233 Å². The number of benzene rings is 3. The predicted molar refractivity (Wildman–Crippen MR) is 150 cm³/mol. The highest BCUT2D eigenvalue weighted by Gasteiger charge is 2.32. The molecule has 0 aromatic heterocycles. The average molecular weight is 549 g/mol. The lowest BCUT2D eigenvalue weighted by Crippen LogP contribution is -2.35. The summed E-state index contributed by atoms with van der Waals surface area (Å²) in [4.78, 5) is 19.5. The fourth-order valence-electron chi connectivity index (χ4n) is 4.80. The summed E-state index contributed by atoms with van der Waals surface area (Å²) < 4.78 is 42.4. The van der Waals surface area contributed by atoms with Gasteiger partial charge in [-0.1, -0.05) is 0 Å². The highest BCUT2D eigenvalue weighted by Crippen LogP contribution is 2.38. The standard InChI is InChI=1S/C31H33FN2O6/c1-36-22-8-10-23(11-9-22)40-28-17-24(12-13-26(28)32)38-15-4-3-5-16-39-30-19-27-25(18-29(30)37-2)31(35)34-14-6-7-21(34)20-33-27/h8-13,17-21H,3-7,14-16H2,1-2H3/t21-/m0/s1. The molecule has 3 aromatic rings. The molecule has 9 heteroatoms. The number of unbranched alkanes of at least 4 members (excludes halogenated alkanes) is 2. The van der Waals surface area contributed by atoms with Gasteiger partial charge < -0.3 is 28.6 Å². The maximum atomic E-state index is 14.3. The molecule has 1 atom stereocenters. The predicted octanol–water partition coefficient (Wildman–Crippen LogP) is 6.58. The number of amides is 1. The number of aliphatic imine (C=N–C) groups is 1. The maximum absolute atomic E-state index is 14.3. The van der Waals surface area contributed by atoms with Crippen LogP contribution in [0.15, 0.2) is 59.6 Å². The lowest BCUT2D eigenvalue weighted by atomic mass is 10.1. The second-order valence-corrected chi connectivity index (χ2v) is 9.63. The minimum atomic E-state index is -0.469. The van der Waals surface area contributed by atoms with Gasteiger partial charge in [0.15, 0.2) is 23.1 Å². The summed E-state index contributed by atoms with van der Waals surface area (Å²) in [6.07, 6.45) is 6.27. The van der Waals surface area contributed by atoms with Crippen molar-refractivity contribution in [3.63, 3.8) is 0 Å². The Bertz CT molecular complexity index is 1360. The first-order chi connectivity index (χ1) is 19.6. The highest BCUT2D eigenvalue weighted by atomic mass is 19.1. The van der Waals surface area contributed by atoms with Crippen LogP contribution in [0.1, 0.15) is 42.5 Å². The molecule has 2 aliphatic heterocycles. The summed E-state index contributed by atoms with van der Waals surface area (Å²) in [6, 6.07) is 15.0. The molecule has 3 aromatic carbocycles. The number of nitrogens with zero attached hydrogens (tertiary/aromatic N) is 2. The van der Waals surface area contributed by atoms with E-state index in [1.165, 1.54) is 6.07 Å². The average Bonchev–Trinajstić information content (AvgIpc) is 3.41. The van der Waals surface area contributed by atoms with Gasteiger partial charge in [-0.2, -0.15) is 0 Å². The summed E-state index contributed by atoms with van der Waals surface area (Å²) in [5, 5.41) is 0. The molecule has 2 heterocycles. The molecule has 0 saturated carbocycles. The molecule has 0 spiro atoms. The van der Waals surface area contributed by atoms with E-state index in [2.05, 4.69) is 4.99 Å². The van der Waals surface area contributed by atoms with Gasteiger partial charge in [0, 0.05) is 24.9 Å². The molecule has 1 fully saturated rings. The molecular formula is C31H33FN2O6. The first kappa shape index (κ1) is 27.3. The van der Waals surface area contributed by atoms with Gasteiger partial charge in [-0.15, -0.1) is 0 Å². The van der Waals surface area contributed by atoms with Gasteiger partial charge >= 0.3 is 0 Å². The van der Waals surface area contributed by atoms with Gasteiger partial charge in [-0.3, -0.25) is 9.79 Å². The first-order valence-corrected chi connectivity index (χ1v) is 13.5. The second-order valence-electron chi connectivity index (χ2n) is 9.63. The van der Waals surface area contributed by atoms with Crippen molar-refractivity contribution in [2.75, 3.05) is 34.0 Å². The molecule has 2 aliphatic rings. The molecule has 0 N–H and O–H groups in total. The van der Waals surface area contributed by atoms with E-state index < -0.39 is 5.82 Å². The van der Waals surface area contributed by atoms with Gasteiger partial charge in [-0.25, -0.2) is 4.39 Å². The third kappa shape index (κ3) is 6.30. The van der Waals surface area contributed by atoms with Gasteiger partial charge in [0.05, 0.1) is 44.7 Å².